The van der Waals surface area contributed by atoms with Crippen LogP contribution < -0.4 is 0 Å². The molecule has 19 heavy (non-hydrogen) atoms. The Morgan fingerprint density at radius 2 is 1.89 bits per heavy atom. The van der Waals surface area contributed by atoms with E-state index in [1.54, 1.807) is 6.92 Å². The second-order valence-electron chi connectivity index (χ2n) is 5.30. The van der Waals surface area contributed by atoms with Crippen molar-refractivity contribution in [3.8, 4) is 0 Å². The van der Waals surface area contributed by atoms with E-state index in [4.69, 9.17) is 0 Å². The number of unbranched alkanes of at least 4 members (excludes halogenated alkanes) is 5. The van der Waals surface area contributed by atoms with Gasteiger partial charge in [0.1, 0.15) is 5.78 Å². The molecule has 0 aliphatic rings. The van der Waals surface area contributed by atoms with Crippen LogP contribution in [0.5, 0.6) is 0 Å². The summed E-state index contributed by atoms with van der Waals surface area (Å²) in [5.41, 5.74) is 1.01. The Morgan fingerprint density at radius 3 is 2.63 bits per heavy atom. The number of hydrogen-bond donors (Lipinski definition) is 0. The van der Waals surface area contributed by atoms with Crippen LogP contribution >= 0.6 is 0 Å². The van der Waals surface area contributed by atoms with Crippen LogP contribution in [0.15, 0.2) is 6.20 Å². The first-order valence-electron chi connectivity index (χ1n) is 7.61. The minimum absolute atomic E-state index is 0.250. The van der Waals surface area contributed by atoms with Gasteiger partial charge in [-0.15, -0.1) is 5.10 Å². The Labute approximate surface area is 116 Å². The number of hydrogen-bond acceptors (Lipinski definition) is 3. The first kappa shape index (κ1) is 15.9. The summed E-state index contributed by atoms with van der Waals surface area (Å²) >= 11 is 0. The number of ketones is 1. The average Bonchev–Trinajstić information content (AvgIpc) is 2.81. The molecular weight excluding hydrogens is 238 g/mol. The fourth-order valence-corrected chi connectivity index (χ4v) is 2.13. The third-order valence-corrected chi connectivity index (χ3v) is 3.29. The van der Waals surface area contributed by atoms with Crippen LogP contribution in [0.4, 0.5) is 0 Å². The molecule has 1 aromatic heterocycles. The Hall–Kier alpha value is -1.19. The molecule has 0 aliphatic carbocycles. The highest BCUT2D eigenvalue weighted by molar-refractivity contribution is 5.75. The van der Waals surface area contributed by atoms with Gasteiger partial charge in [0.05, 0.1) is 5.69 Å². The SMILES string of the molecule is CCCCCCCCn1cc(CCCC(C)=O)nn1. The molecule has 1 heterocycles. The molecule has 1 aromatic rings. The predicted octanol–water partition coefficient (Wildman–Crippen LogP) is 3.55. The molecule has 0 saturated carbocycles. The highest BCUT2D eigenvalue weighted by Gasteiger charge is 2.02. The molecule has 108 valence electrons. The number of rotatable bonds is 11. The summed E-state index contributed by atoms with van der Waals surface area (Å²) in [6.45, 7) is 4.84. The van der Waals surface area contributed by atoms with Crippen molar-refractivity contribution in [1.82, 2.24) is 15.0 Å². The topological polar surface area (TPSA) is 47.8 Å². The molecular formula is C15H27N3O. The highest BCUT2D eigenvalue weighted by atomic mass is 16.1. The molecule has 0 unspecified atom stereocenters. The number of aryl methyl sites for hydroxylation is 2. The van der Waals surface area contributed by atoms with Gasteiger partial charge in [-0.2, -0.15) is 0 Å². The summed E-state index contributed by atoms with van der Waals surface area (Å²) in [4.78, 5) is 10.8. The second kappa shape index (κ2) is 9.70. The fraction of sp³-hybridized carbons (Fsp3) is 0.800. The largest absolute Gasteiger partial charge is 0.300 e. The normalized spacial score (nSPS) is 10.8. The van der Waals surface area contributed by atoms with Crippen LogP contribution in [0.2, 0.25) is 0 Å². The zero-order valence-electron chi connectivity index (χ0n) is 12.4. The molecule has 4 heteroatoms. The van der Waals surface area contributed by atoms with E-state index in [2.05, 4.69) is 17.2 Å². The van der Waals surface area contributed by atoms with Crippen molar-refractivity contribution in [3.63, 3.8) is 0 Å². The molecule has 0 bridgehead atoms. The molecule has 0 atom stereocenters. The number of Topliss-reactive ketones (excluding diaryl/α,β-unsaturated/α-hetero) is 1. The van der Waals surface area contributed by atoms with Crippen molar-refractivity contribution in [2.45, 2.75) is 78.2 Å². The van der Waals surface area contributed by atoms with E-state index in [1.807, 2.05) is 10.9 Å². The summed E-state index contributed by atoms with van der Waals surface area (Å²) in [6.07, 6.45) is 12.2. The predicted molar refractivity (Wildman–Crippen MR) is 77.0 cm³/mol. The van der Waals surface area contributed by atoms with Crippen molar-refractivity contribution < 1.29 is 4.79 Å². The Kier molecular flexibility index (Phi) is 8.10. The van der Waals surface area contributed by atoms with Gasteiger partial charge in [0.25, 0.3) is 0 Å². The molecule has 0 N–H and O–H groups in total. The molecule has 0 amide bonds. The number of nitrogens with zero attached hydrogens (tertiary/aromatic N) is 3. The van der Waals surface area contributed by atoms with Gasteiger partial charge in [-0.05, 0) is 26.2 Å². The maximum Gasteiger partial charge on any atom is 0.129 e. The van der Waals surface area contributed by atoms with E-state index in [9.17, 15) is 4.79 Å². The fourth-order valence-electron chi connectivity index (χ4n) is 2.13. The number of carbonyl (C=O) groups excluding carboxylic acids is 1. The lowest BCUT2D eigenvalue weighted by Crippen LogP contribution is -1.98. The highest BCUT2D eigenvalue weighted by Crippen LogP contribution is 2.07. The summed E-state index contributed by atoms with van der Waals surface area (Å²) in [5.74, 6) is 0.250. The first-order chi connectivity index (χ1) is 9.22. The number of carbonyl (C=O) groups is 1. The van der Waals surface area contributed by atoms with E-state index >= 15 is 0 Å². The standard InChI is InChI=1S/C15H27N3O/c1-3-4-5-6-7-8-12-18-13-15(16-17-18)11-9-10-14(2)19/h13H,3-12H2,1-2H3. The Morgan fingerprint density at radius 1 is 1.16 bits per heavy atom. The van der Waals surface area contributed by atoms with E-state index in [1.165, 1.54) is 38.5 Å². The lowest BCUT2D eigenvalue weighted by atomic mass is 10.1. The quantitative estimate of drug-likeness (QED) is 0.575. The average molecular weight is 265 g/mol. The third kappa shape index (κ3) is 7.75. The van der Waals surface area contributed by atoms with Crippen molar-refractivity contribution in [2.75, 3.05) is 0 Å². The molecule has 0 spiro atoms. The van der Waals surface area contributed by atoms with Crippen molar-refractivity contribution in [3.05, 3.63) is 11.9 Å². The lowest BCUT2D eigenvalue weighted by Gasteiger charge is -2.00. The minimum Gasteiger partial charge on any atom is -0.300 e. The van der Waals surface area contributed by atoms with Gasteiger partial charge in [-0.1, -0.05) is 44.2 Å². The zero-order chi connectivity index (χ0) is 13.9. The van der Waals surface area contributed by atoms with E-state index < -0.39 is 0 Å². The van der Waals surface area contributed by atoms with E-state index in [-0.39, 0.29) is 5.78 Å². The Bertz CT molecular complexity index is 360. The zero-order valence-corrected chi connectivity index (χ0v) is 12.4. The molecule has 1 rings (SSSR count). The summed E-state index contributed by atoms with van der Waals surface area (Å²) in [5, 5.41) is 8.27. The van der Waals surface area contributed by atoms with Crippen LogP contribution in [-0.4, -0.2) is 20.8 Å². The van der Waals surface area contributed by atoms with E-state index in [0.717, 1.165) is 25.1 Å². The van der Waals surface area contributed by atoms with Crippen molar-refractivity contribution in [2.24, 2.45) is 0 Å². The van der Waals surface area contributed by atoms with Crippen LogP contribution in [0, 0.1) is 0 Å². The van der Waals surface area contributed by atoms with Gasteiger partial charge in [0.2, 0.25) is 0 Å². The van der Waals surface area contributed by atoms with E-state index in [0.29, 0.717) is 6.42 Å². The molecule has 0 saturated heterocycles. The minimum atomic E-state index is 0.250. The summed E-state index contributed by atoms with van der Waals surface area (Å²) < 4.78 is 1.93. The first-order valence-corrected chi connectivity index (χ1v) is 7.61. The molecule has 0 aliphatic heterocycles. The Balaban J connectivity index is 2.11. The van der Waals surface area contributed by atoms with Gasteiger partial charge in [-0.25, -0.2) is 0 Å². The van der Waals surface area contributed by atoms with Crippen molar-refractivity contribution >= 4 is 5.78 Å². The molecule has 0 radical (unpaired) electrons. The lowest BCUT2D eigenvalue weighted by molar-refractivity contribution is -0.117. The van der Waals surface area contributed by atoms with Gasteiger partial charge in [0.15, 0.2) is 0 Å². The molecule has 0 aromatic carbocycles. The van der Waals surface area contributed by atoms with Crippen LogP contribution in [0.25, 0.3) is 0 Å². The third-order valence-electron chi connectivity index (χ3n) is 3.29. The maximum absolute atomic E-state index is 10.8. The molecule has 0 fully saturated rings. The summed E-state index contributed by atoms with van der Waals surface area (Å²) in [6, 6.07) is 0. The smallest absolute Gasteiger partial charge is 0.129 e. The van der Waals surface area contributed by atoms with Gasteiger partial charge in [-0.3, -0.25) is 4.68 Å². The van der Waals surface area contributed by atoms with Gasteiger partial charge in [0, 0.05) is 19.2 Å². The summed E-state index contributed by atoms with van der Waals surface area (Å²) in [7, 11) is 0. The van der Waals surface area contributed by atoms with Gasteiger partial charge < -0.3 is 4.79 Å². The van der Waals surface area contributed by atoms with Crippen molar-refractivity contribution in [1.29, 1.82) is 0 Å². The molecule has 4 nitrogen and oxygen atoms in total. The monoisotopic (exact) mass is 265 g/mol. The van der Waals surface area contributed by atoms with Crippen LogP contribution in [0.3, 0.4) is 0 Å². The van der Waals surface area contributed by atoms with Gasteiger partial charge >= 0.3 is 0 Å². The van der Waals surface area contributed by atoms with Crippen LogP contribution in [0.1, 0.15) is 70.9 Å². The maximum atomic E-state index is 10.8. The van der Waals surface area contributed by atoms with Crippen LogP contribution in [-0.2, 0) is 17.8 Å². The number of aromatic nitrogens is 3. The second-order valence-corrected chi connectivity index (χ2v) is 5.30.